The molecule has 0 aliphatic heterocycles. The fourth-order valence-electron chi connectivity index (χ4n) is 1.95. The standard InChI is InChI=1S/C14H16Cl2N2/c1-14(2,3)9-7-8-10(15)5-6-11(16)12(8)18-13(9)17-4/h5-7H,1-4H3,(H,17,18). The minimum Gasteiger partial charge on any atom is -0.373 e. The zero-order chi connectivity index (χ0) is 13.5. The molecule has 1 N–H and O–H groups in total. The van der Waals surface area contributed by atoms with Crippen LogP contribution in [0.5, 0.6) is 0 Å². The van der Waals surface area contributed by atoms with Crippen LogP contribution < -0.4 is 5.32 Å². The van der Waals surface area contributed by atoms with Crippen molar-refractivity contribution in [2.75, 3.05) is 12.4 Å². The molecule has 0 fully saturated rings. The molecule has 0 unspecified atom stereocenters. The molecule has 4 heteroatoms. The van der Waals surface area contributed by atoms with Crippen molar-refractivity contribution in [2.45, 2.75) is 26.2 Å². The highest BCUT2D eigenvalue weighted by Gasteiger charge is 2.20. The number of hydrogen-bond acceptors (Lipinski definition) is 2. The van der Waals surface area contributed by atoms with Crippen molar-refractivity contribution in [3.63, 3.8) is 0 Å². The third-order valence-corrected chi connectivity index (χ3v) is 3.56. The van der Waals surface area contributed by atoms with Gasteiger partial charge in [-0.05, 0) is 23.6 Å². The fourth-order valence-corrected chi connectivity index (χ4v) is 2.37. The van der Waals surface area contributed by atoms with Crippen LogP contribution in [0.2, 0.25) is 10.0 Å². The van der Waals surface area contributed by atoms with Crippen LogP contribution in [-0.2, 0) is 5.41 Å². The molecule has 2 aromatic rings. The van der Waals surface area contributed by atoms with E-state index < -0.39 is 0 Å². The summed E-state index contributed by atoms with van der Waals surface area (Å²) in [6.07, 6.45) is 0. The quantitative estimate of drug-likeness (QED) is 0.806. The summed E-state index contributed by atoms with van der Waals surface area (Å²) in [6.45, 7) is 6.44. The Bertz CT molecular complexity index is 601. The van der Waals surface area contributed by atoms with E-state index in [4.69, 9.17) is 23.2 Å². The Morgan fingerprint density at radius 1 is 1.11 bits per heavy atom. The Balaban J connectivity index is 2.86. The van der Waals surface area contributed by atoms with Crippen LogP contribution in [0.3, 0.4) is 0 Å². The summed E-state index contributed by atoms with van der Waals surface area (Å²) in [5.74, 6) is 0.846. The van der Waals surface area contributed by atoms with Gasteiger partial charge < -0.3 is 5.32 Å². The molecule has 1 aromatic heterocycles. The van der Waals surface area contributed by atoms with Crippen LogP contribution in [0.1, 0.15) is 26.3 Å². The maximum atomic E-state index is 6.23. The molecule has 0 radical (unpaired) electrons. The number of fused-ring (bicyclic) bond motifs is 1. The van der Waals surface area contributed by atoms with E-state index in [2.05, 4.69) is 37.1 Å². The van der Waals surface area contributed by atoms with E-state index in [0.29, 0.717) is 10.0 Å². The Morgan fingerprint density at radius 3 is 2.28 bits per heavy atom. The largest absolute Gasteiger partial charge is 0.373 e. The van der Waals surface area contributed by atoms with Crippen molar-refractivity contribution in [1.29, 1.82) is 0 Å². The maximum absolute atomic E-state index is 6.23. The summed E-state index contributed by atoms with van der Waals surface area (Å²) in [7, 11) is 1.86. The summed E-state index contributed by atoms with van der Waals surface area (Å²) in [5.41, 5.74) is 1.86. The second kappa shape index (κ2) is 4.60. The second-order valence-corrected chi connectivity index (χ2v) is 6.12. The highest BCUT2D eigenvalue weighted by atomic mass is 35.5. The lowest BCUT2D eigenvalue weighted by Crippen LogP contribution is -2.15. The number of nitrogens with one attached hydrogen (secondary N) is 1. The van der Waals surface area contributed by atoms with E-state index in [9.17, 15) is 0 Å². The molecule has 2 rings (SSSR count). The van der Waals surface area contributed by atoms with Crippen LogP contribution in [-0.4, -0.2) is 12.0 Å². The van der Waals surface area contributed by atoms with Crippen LogP contribution in [0.25, 0.3) is 10.9 Å². The van der Waals surface area contributed by atoms with Crippen LogP contribution >= 0.6 is 23.2 Å². The highest BCUT2D eigenvalue weighted by molar-refractivity contribution is 6.39. The van der Waals surface area contributed by atoms with Crippen molar-refractivity contribution < 1.29 is 0 Å². The molecule has 0 spiro atoms. The number of nitrogens with zero attached hydrogens (tertiary/aromatic N) is 1. The summed E-state index contributed by atoms with van der Waals surface area (Å²) in [6, 6.07) is 5.65. The van der Waals surface area contributed by atoms with Gasteiger partial charge in [0.1, 0.15) is 5.82 Å². The molecule has 0 saturated heterocycles. The van der Waals surface area contributed by atoms with E-state index in [0.717, 1.165) is 22.3 Å². The molecule has 0 aliphatic rings. The number of anilines is 1. The van der Waals surface area contributed by atoms with Gasteiger partial charge in [-0.3, -0.25) is 0 Å². The number of pyridine rings is 1. The molecular weight excluding hydrogens is 267 g/mol. The number of hydrogen-bond donors (Lipinski definition) is 1. The van der Waals surface area contributed by atoms with Gasteiger partial charge >= 0.3 is 0 Å². The van der Waals surface area contributed by atoms with Crippen LogP contribution in [0.15, 0.2) is 18.2 Å². The molecular formula is C14H16Cl2N2. The van der Waals surface area contributed by atoms with Crippen molar-refractivity contribution in [3.05, 3.63) is 33.8 Å². The number of halogens is 2. The predicted octanol–water partition coefficient (Wildman–Crippen LogP) is 4.88. The number of rotatable bonds is 1. The van der Waals surface area contributed by atoms with E-state index in [-0.39, 0.29) is 5.41 Å². The first kappa shape index (κ1) is 13.4. The van der Waals surface area contributed by atoms with Gasteiger partial charge in [-0.2, -0.15) is 0 Å². The fraction of sp³-hybridized carbons (Fsp3) is 0.357. The van der Waals surface area contributed by atoms with Gasteiger partial charge in [0.05, 0.1) is 15.6 Å². The monoisotopic (exact) mass is 282 g/mol. The zero-order valence-corrected chi connectivity index (χ0v) is 12.4. The minimum atomic E-state index is -0.00875. The van der Waals surface area contributed by atoms with Crippen molar-refractivity contribution >= 4 is 39.9 Å². The Labute approximate surface area is 117 Å². The minimum absolute atomic E-state index is 0.00875. The number of benzene rings is 1. The van der Waals surface area contributed by atoms with E-state index in [1.807, 2.05) is 7.05 Å². The summed E-state index contributed by atoms with van der Waals surface area (Å²) in [4.78, 5) is 4.59. The second-order valence-electron chi connectivity index (χ2n) is 5.31. The normalized spacial score (nSPS) is 11.9. The first-order valence-corrected chi connectivity index (χ1v) is 6.57. The lowest BCUT2D eigenvalue weighted by Gasteiger charge is -2.23. The molecule has 1 heterocycles. The lowest BCUT2D eigenvalue weighted by atomic mass is 9.86. The lowest BCUT2D eigenvalue weighted by molar-refractivity contribution is 0.591. The summed E-state index contributed by atoms with van der Waals surface area (Å²) < 4.78 is 0. The summed E-state index contributed by atoms with van der Waals surface area (Å²) >= 11 is 12.4. The van der Waals surface area contributed by atoms with Gasteiger partial charge in [-0.1, -0.05) is 44.0 Å². The van der Waals surface area contributed by atoms with E-state index >= 15 is 0 Å². The Morgan fingerprint density at radius 2 is 1.72 bits per heavy atom. The molecule has 0 amide bonds. The van der Waals surface area contributed by atoms with Crippen molar-refractivity contribution in [2.24, 2.45) is 0 Å². The first-order chi connectivity index (χ1) is 8.34. The average Bonchev–Trinajstić information content (AvgIpc) is 2.31. The predicted molar refractivity (Wildman–Crippen MR) is 80.0 cm³/mol. The van der Waals surface area contributed by atoms with Crippen LogP contribution in [0.4, 0.5) is 5.82 Å². The molecule has 0 saturated carbocycles. The molecule has 0 bridgehead atoms. The van der Waals surface area contributed by atoms with Gasteiger partial charge in [-0.25, -0.2) is 4.98 Å². The summed E-state index contributed by atoms with van der Waals surface area (Å²) in [5, 5.41) is 5.32. The van der Waals surface area contributed by atoms with Gasteiger partial charge in [0.25, 0.3) is 0 Å². The molecule has 2 nitrogen and oxygen atoms in total. The Kier molecular flexibility index (Phi) is 3.43. The maximum Gasteiger partial charge on any atom is 0.130 e. The molecule has 1 aromatic carbocycles. The van der Waals surface area contributed by atoms with E-state index in [1.54, 1.807) is 12.1 Å². The van der Waals surface area contributed by atoms with Gasteiger partial charge in [0.15, 0.2) is 0 Å². The third-order valence-electron chi connectivity index (χ3n) is 2.93. The molecule has 0 aliphatic carbocycles. The number of aromatic nitrogens is 1. The van der Waals surface area contributed by atoms with Crippen molar-refractivity contribution in [3.8, 4) is 0 Å². The topological polar surface area (TPSA) is 24.9 Å². The average molecular weight is 283 g/mol. The molecule has 18 heavy (non-hydrogen) atoms. The Hall–Kier alpha value is -0.990. The smallest absolute Gasteiger partial charge is 0.130 e. The molecule has 0 atom stereocenters. The van der Waals surface area contributed by atoms with Gasteiger partial charge in [0, 0.05) is 18.0 Å². The van der Waals surface area contributed by atoms with Crippen molar-refractivity contribution in [1.82, 2.24) is 4.98 Å². The third kappa shape index (κ3) is 2.27. The molecule has 96 valence electrons. The van der Waals surface area contributed by atoms with Crippen LogP contribution in [0, 0.1) is 0 Å². The highest BCUT2D eigenvalue weighted by Crippen LogP contribution is 2.35. The van der Waals surface area contributed by atoms with Gasteiger partial charge in [-0.15, -0.1) is 0 Å². The van der Waals surface area contributed by atoms with E-state index in [1.165, 1.54) is 0 Å². The first-order valence-electron chi connectivity index (χ1n) is 5.81. The zero-order valence-electron chi connectivity index (χ0n) is 10.9. The van der Waals surface area contributed by atoms with Gasteiger partial charge in [0.2, 0.25) is 0 Å². The SMILES string of the molecule is CNc1nc2c(Cl)ccc(Cl)c2cc1C(C)(C)C.